The molecule has 1 aromatic heterocycles. The summed E-state index contributed by atoms with van der Waals surface area (Å²) in [6.07, 6.45) is 5.86. The minimum atomic E-state index is -0.454. The highest BCUT2D eigenvalue weighted by molar-refractivity contribution is 5.84. The summed E-state index contributed by atoms with van der Waals surface area (Å²) < 4.78 is 5.18. The second-order valence-electron chi connectivity index (χ2n) is 7.91. The van der Waals surface area contributed by atoms with Crippen LogP contribution in [-0.2, 0) is 0 Å². The summed E-state index contributed by atoms with van der Waals surface area (Å²) in [4.78, 5) is 26.1. The van der Waals surface area contributed by atoms with E-state index in [-0.39, 0.29) is 23.3 Å². The minimum absolute atomic E-state index is 0.00561. The molecule has 1 aliphatic heterocycles. The number of hydrazone groups is 1. The molecule has 2 aromatic carbocycles. The number of methoxy groups -OCH3 is 1. The molecule has 1 fully saturated rings. The number of phenols is 1. The van der Waals surface area contributed by atoms with Crippen LogP contribution in [0.1, 0.15) is 31.2 Å². The first-order valence-corrected chi connectivity index (χ1v) is 11.2. The Bertz CT molecular complexity index is 1190. The van der Waals surface area contributed by atoms with Gasteiger partial charge in [0.15, 0.2) is 0 Å². The zero-order valence-corrected chi connectivity index (χ0v) is 19.2. The molecular weight excluding hydrogens is 452 g/mol. The van der Waals surface area contributed by atoms with Crippen molar-refractivity contribution in [3.63, 3.8) is 0 Å². The molecule has 1 aliphatic rings. The first kappa shape index (κ1) is 23.7. The Balaban J connectivity index is 1.58. The van der Waals surface area contributed by atoms with Crippen LogP contribution in [0.2, 0.25) is 0 Å². The largest absolute Gasteiger partial charge is 0.507 e. The highest BCUT2D eigenvalue weighted by atomic mass is 16.6. The molecule has 0 bridgehead atoms. The highest BCUT2D eigenvalue weighted by Gasteiger charge is 2.16. The van der Waals surface area contributed by atoms with Gasteiger partial charge in [-0.3, -0.25) is 10.1 Å². The molecule has 0 saturated carbocycles. The molecule has 0 aliphatic carbocycles. The predicted octanol–water partition coefficient (Wildman–Crippen LogP) is 4.06. The third kappa shape index (κ3) is 6.31. The maximum Gasteiger partial charge on any atom is 0.269 e. The third-order valence-corrected chi connectivity index (χ3v) is 5.45. The van der Waals surface area contributed by atoms with E-state index in [0.29, 0.717) is 22.9 Å². The molecule has 182 valence electrons. The summed E-state index contributed by atoms with van der Waals surface area (Å²) in [5.74, 6) is 1.63. The quantitative estimate of drug-likeness (QED) is 0.245. The van der Waals surface area contributed by atoms with Gasteiger partial charge in [-0.05, 0) is 43.2 Å². The maximum absolute atomic E-state index is 10.9. The fourth-order valence-corrected chi connectivity index (χ4v) is 3.60. The number of hydrogen-bond acceptors (Lipinski definition) is 11. The topological polar surface area (TPSA) is 151 Å². The van der Waals surface area contributed by atoms with Crippen molar-refractivity contribution in [2.45, 2.75) is 25.7 Å². The van der Waals surface area contributed by atoms with Crippen molar-refractivity contribution in [3.8, 4) is 11.5 Å². The molecule has 0 radical (unpaired) electrons. The normalized spacial score (nSPS) is 13.9. The standard InChI is InChI=1S/C23H26N8O4/c1-35-19-10-11-20(32)16(14-19)15-24-29-22-26-21(25-17-6-8-18(9-7-17)31(33)34)27-23(28-22)30-12-4-2-3-5-13-30/h6-11,14-15,32H,2-5,12-13H2,1H3,(H2,25,26,27,28,29). The molecular formula is C23H26N8O4. The SMILES string of the molecule is COc1ccc(O)c(C=NNc2nc(Nc3ccc([N+](=O)[O-])cc3)nc(N3CCCCCC3)n2)c1. The lowest BCUT2D eigenvalue weighted by atomic mass is 10.2. The first-order chi connectivity index (χ1) is 17.0. The Hall–Kier alpha value is -4.48. The van der Waals surface area contributed by atoms with Gasteiger partial charge in [0.05, 0.1) is 18.2 Å². The monoisotopic (exact) mass is 478 g/mol. The average Bonchev–Trinajstić information content (AvgIpc) is 3.15. The van der Waals surface area contributed by atoms with Crippen LogP contribution in [0.25, 0.3) is 0 Å². The number of rotatable bonds is 8. The summed E-state index contributed by atoms with van der Waals surface area (Å²) in [6.45, 7) is 1.67. The van der Waals surface area contributed by atoms with Gasteiger partial charge in [-0.25, -0.2) is 5.43 Å². The van der Waals surface area contributed by atoms with E-state index in [9.17, 15) is 15.2 Å². The smallest absolute Gasteiger partial charge is 0.269 e. The number of nitrogens with one attached hydrogen (secondary N) is 2. The third-order valence-electron chi connectivity index (χ3n) is 5.45. The average molecular weight is 479 g/mol. The number of hydrogen-bond donors (Lipinski definition) is 3. The van der Waals surface area contributed by atoms with Gasteiger partial charge in [-0.15, -0.1) is 0 Å². The molecule has 0 amide bonds. The number of aromatic hydroxyl groups is 1. The first-order valence-electron chi connectivity index (χ1n) is 11.2. The Morgan fingerprint density at radius 1 is 1.06 bits per heavy atom. The number of nitro groups is 1. The van der Waals surface area contributed by atoms with Crippen LogP contribution in [0.4, 0.5) is 29.2 Å². The van der Waals surface area contributed by atoms with E-state index < -0.39 is 4.92 Å². The molecule has 2 heterocycles. The van der Waals surface area contributed by atoms with Gasteiger partial charge in [-0.2, -0.15) is 20.1 Å². The van der Waals surface area contributed by atoms with E-state index in [1.54, 1.807) is 31.4 Å². The van der Waals surface area contributed by atoms with E-state index in [0.717, 1.165) is 38.8 Å². The fourth-order valence-electron chi connectivity index (χ4n) is 3.60. The van der Waals surface area contributed by atoms with Crippen molar-refractivity contribution in [1.29, 1.82) is 0 Å². The zero-order chi connectivity index (χ0) is 24.6. The van der Waals surface area contributed by atoms with E-state index >= 15 is 0 Å². The fraction of sp³-hybridized carbons (Fsp3) is 0.304. The van der Waals surface area contributed by atoms with E-state index in [2.05, 4.69) is 35.7 Å². The highest BCUT2D eigenvalue weighted by Crippen LogP contribution is 2.23. The van der Waals surface area contributed by atoms with Crippen molar-refractivity contribution in [1.82, 2.24) is 15.0 Å². The van der Waals surface area contributed by atoms with Crippen LogP contribution in [0.5, 0.6) is 11.5 Å². The second-order valence-corrected chi connectivity index (χ2v) is 7.91. The Morgan fingerprint density at radius 2 is 1.77 bits per heavy atom. The molecule has 4 rings (SSSR count). The second kappa shape index (κ2) is 11.1. The van der Waals surface area contributed by atoms with E-state index in [1.807, 2.05) is 0 Å². The predicted molar refractivity (Wildman–Crippen MR) is 133 cm³/mol. The van der Waals surface area contributed by atoms with E-state index in [4.69, 9.17) is 4.74 Å². The molecule has 3 aromatic rings. The number of anilines is 4. The number of benzene rings is 2. The van der Waals surface area contributed by atoms with Crippen molar-refractivity contribution in [2.24, 2.45) is 5.10 Å². The summed E-state index contributed by atoms with van der Waals surface area (Å²) in [5.41, 5.74) is 3.85. The van der Waals surface area contributed by atoms with Crippen molar-refractivity contribution in [2.75, 3.05) is 35.8 Å². The Labute approximate surface area is 201 Å². The summed E-state index contributed by atoms with van der Waals surface area (Å²) >= 11 is 0. The molecule has 12 nitrogen and oxygen atoms in total. The number of nitrogens with zero attached hydrogens (tertiary/aromatic N) is 6. The number of nitro benzene ring substituents is 1. The van der Waals surface area contributed by atoms with Gasteiger partial charge >= 0.3 is 0 Å². The maximum atomic E-state index is 10.9. The lowest BCUT2D eigenvalue weighted by Gasteiger charge is -2.21. The lowest BCUT2D eigenvalue weighted by molar-refractivity contribution is -0.384. The van der Waals surface area contributed by atoms with Gasteiger partial charge in [0.1, 0.15) is 11.5 Å². The van der Waals surface area contributed by atoms with Gasteiger partial charge < -0.3 is 20.1 Å². The molecule has 0 atom stereocenters. The summed E-state index contributed by atoms with van der Waals surface area (Å²) in [7, 11) is 1.54. The van der Waals surface area contributed by atoms with Crippen LogP contribution >= 0.6 is 0 Å². The van der Waals surface area contributed by atoms with Gasteiger partial charge in [0.25, 0.3) is 5.69 Å². The molecule has 3 N–H and O–H groups in total. The van der Waals surface area contributed by atoms with E-state index in [1.165, 1.54) is 24.4 Å². The van der Waals surface area contributed by atoms with Crippen LogP contribution in [-0.4, -0.2) is 51.4 Å². The number of ether oxygens (including phenoxy) is 1. The molecule has 0 unspecified atom stereocenters. The van der Waals surface area contributed by atoms with Gasteiger partial charge in [-0.1, -0.05) is 12.8 Å². The number of aromatic nitrogens is 3. The van der Waals surface area contributed by atoms with Gasteiger partial charge in [0.2, 0.25) is 17.8 Å². The number of non-ortho nitro benzene ring substituents is 1. The van der Waals surface area contributed by atoms with Crippen molar-refractivity contribution < 1.29 is 14.8 Å². The Morgan fingerprint density at radius 3 is 2.46 bits per heavy atom. The van der Waals surface area contributed by atoms with Crippen molar-refractivity contribution >= 4 is 35.4 Å². The Kier molecular flexibility index (Phi) is 7.50. The molecule has 1 saturated heterocycles. The van der Waals surface area contributed by atoms with Crippen LogP contribution in [0.3, 0.4) is 0 Å². The minimum Gasteiger partial charge on any atom is -0.507 e. The molecule has 0 spiro atoms. The zero-order valence-electron chi connectivity index (χ0n) is 19.2. The lowest BCUT2D eigenvalue weighted by Crippen LogP contribution is -2.26. The molecule has 12 heteroatoms. The number of phenolic OH excluding ortho intramolecular Hbond substituents is 1. The van der Waals surface area contributed by atoms with Crippen molar-refractivity contribution in [3.05, 3.63) is 58.1 Å². The summed E-state index contributed by atoms with van der Waals surface area (Å²) in [6, 6.07) is 10.8. The summed E-state index contributed by atoms with van der Waals surface area (Å²) in [5, 5.41) is 28.2. The molecule has 35 heavy (non-hydrogen) atoms. The van der Waals surface area contributed by atoms with Crippen LogP contribution < -0.4 is 20.4 Å². The van der Waals surface area contributed by atoms with Gasteiger partial charge in [0, 0.05) is 36.5 Å². The van der Waals surface area contributed by atoms with Crippen LogP contribution in [0.15, 0.2) is 47.6 Å². The van der Waals surface area contributed by atoms with Crippen LogP contribution in [0, 0.1) is 10.1 Å².